The number of likely N-dealkylation sites (N-methyl/N-ethyl adjacent to an activating group) is 1. The number of nitrogens with one attached hydrogen (secondary N) is 1. The van der Waals surface area contributed by atoms with E-state index < -0.39 is 11.6 Å². The molecule has 0 saturated carbocycles. The number of fused-ring (bicyclic) bond motifs is 1. The Balaban J connectivity index is 2.52. The molecule has 0 fully saturated rings. The van der Waals surface area contributed by atoms with Crippen molar-refractivity contribution in [3.63, 3.8) is 0 Å². The van der Waals surface area contributed by atoms with Crippen molar-refractivity contribution in [1.82, 2.24) is 5.32 Å². The van der Waals surface area contributed by atoms with Crippen LogP contribution in [0.4, 0.5) is 8.78 Å². The van der Waals surface area contributed by atoms with Crippen LogP contribution in [0.25, 0.3) is 0 Å². The van der Waals surface area contributed by atoms with Crippen LogP contribution in [0, 0.1) is 11.6 Å². The minimum absolute atomic E-state index is 0.0388. The Labute approximate surface area is 80.9 Å². The van der Waals surface area contributed by atoms with Crippen LogP contribution in [-0.2, 0) is 0 Å². The maximum atomic E-state index is 13.3. The molecule has 1 heterocycles. The van der Waals surface area contributed by atoms with Crippen molar-refractivity contribution in [2.24, 2.45) is 0 Å². The quantitative estimate of drug-likeness (QED) is 0.747. The Morgan fingerprint density at radius 1 is 1.36 bits per heavy atom. The number of ether oxygens (including phenoxy) is 1. The van der Waals surface area contributed by atoms with E-state index in [1.807, 2.05) is 6.92 Å². The lowest BCUT2D eigenvalue weighted by atomic mass is 10.0. The lowest BCUT2D eigenvalue weighted by Crippen LogP contribution is -2.25. The number of hydrogen-bond donors (Lipinski definition) is 1. The largest absolute Gasteiger partial charge is 0.485 e. The second-order valence-corrected chi connectivity index (χ2v) is 3.37. The first-order valence-electron chi connectivity index (χ1n) is 4.47. The van der Waals surface area contributed by atoms with Crippen LogP contribution in [-0.4, -0.2) is 13.2 Å². The molecule has 1 N–H and O–H groups in total. The average molecular weight is 199 g/mol. The van der Waals surface area contributed by atoms with Gasteiger partial charge in [-0.25, -0.2) is 4.39 Å². The number of hydrogen-bond acceptors (Lipinski definition) is 2. The normalized spacial score (nSPS) is 24.6. The third-order valence-corrected chi connectivity index (χ3v) is 2.50. The summed E-state index contributed by atoms with van der Waals surface area (Å²) in [6.45, 7) is 1.82. The lowest BCUT2D eigenvalue weighted by Gasteiger charge is -2.12. The predicted molar refractivity (Wildman–Crippen MR) is 48.2 cm³/mol. The Hall–Kier alpha value is -1.16. The molecule has 14 heavy (non-hydrogen) atoms. The summed E-state index contributed by atoms with van der Waals surface area (Å²) in [5.74, 6) is -1.73. The topological polar surface area (TPSA) is 21.3 Å². The van der Waals surface area contributed by atoms with Gasteiger partial charge < -0.3 is 10.1 Å². The molecule has 1 aliphatic rings. The van der Waals surface area contributed by atoms with Gasteiger partial charge in [-0.2, -0.15) is 4.39 Å². The minimum Gasteiger partial charge on any atom is -0.485 e. The van der Waals surface area contributed by atoms with Crippen LogP contribution < -0.4 is 10.1 Å². The molecule has 0 aliphatic carbocycles. The van der Waals surface area contributed by atoms with Crippen LogP contribution in [0.2, 0.25) is 0 Å². The van der Waals surface area contributed by atoms with Crippen LogP contribution in [0.1, 0.15) is 18.5 Å². The van der Waals surface area contributed by atoms with Gasteiger partial charge in [-0.05, 0) is 20.0 Å². The summed E-state index contributed by atoms with van der Waals surface area (Å²) < 4.78 is 31.4. The van der Waals surface area contributed by atoms with E-state index in [1.165, 1.54) is 0 Å². The molecule has 0 spiro atoms. The van der Waals surface area contributed by atoms with E-state index >= 15 is 0 Å². The van der Waals surface area contributed by atoms with E-state index in [2.05, 4.69) is 5.32 Å². The van der Waals surface area contributed by atoms with Crippen molar-refractivity contribution >= 4 is 0 Å². The summed E-state index contributed by atoms with van der Waals surface area (Å²) in [4.78, 5) is 0. The molecule has 2 atom stereocenters. The third-order valence-electron chi connectivity index (χ3n) is 2.50. The molecule has 0 amide bonds. The van der Waals surface area contributed by atoms with Gasteiger partial charge in [0.1, 0.15) is 6.10 Å². The second-order valence-electron chi connectivity index (χ2n) is 3.37. The van der Waals surface area contributed by atoms with E-state index in [0.29, 0.717) is 5.56 Å². The molecule has 1 aliphatic heterocycles. The van der Waals surface area contributed by atoms with E-state index in [0.717, 1.165) is 6.07 Å². The van der Waals surface area contributed by atoms with Crippen molar-refractivity contribution in [3.8, 4) is 5.75 Å². The fraction of sp³-hybridized carbons (Fsp3) is 0.400. The van der Waals surface area contributed by atoms with Gasteiger partial charge in [-0.15, -0.1) is 0 Å². The fourth-order valence-electron chi connectivity index (χ4n) is 1.81. The minimum atomic E-state index is -0.896. The molecule has 2 rings (SSSR count). The first kappa shape index (κ1) is 9.40. The van der Waals surface area contributed by atoms with Gasteiger partial charge in [0.15, 0.2) is 11.6 Å². The van der Waals surface area contributed by atoms with Crippen molar-refractivity contribution in [3.05, 3.63) is 29.3 Å². The fourth-order valence-corrected chi connectivity index (χ4v) is 1.81. The molecule has 0 aromatic heterocycles. The van der Waals surface area contributed by atoms with E-state index in [-0.39, 0.29) is 17.9 Å². The Kier molecular flexibility index (Phi) is 2.15. The van der Waals surface area contributed by atoms with Gasteiger partial charge in [-0.3, -0.25) is 0 Å². The van der Waals surface area contributed by atoms with Crippen molar-refractivity contribution < 1.29 is 13.5 Å². The predicted octanol–water partition coefficient (Wildman–Crippen LogP) is 2.01. The van der Waals surface area contributed by atoms with Crippen LogP contribution >= 0.6 is 0 Å². The van der Waals surface area contributed by atoms with Crippen LogP contribution in [0.5, 0.6) is 5.75 Å². The third kappa shape index (κ3) is 1.18. The highest BCUT2D eigenvalue weighted by atomic mass is 19.2. The van der Waals surface area contributed by atoms with Crippen LogP contribution in [0.15, 0.2) is 12.1 Å². The Bertz CT molecular complexity index is 367. The van der Waals surface area contributed by atoms with Crippen LogP contribution in [0.3, 0.4) is 0 Å². The second kappa shape index (κ2) is 3.20. The van der Waals surface area contributed by atoms with Crippen molar-refractivity contribution in [2.45, 2.75) is 19.1 Å². The van der Waals surface area contributed by atoms with Gasteiger partial charge in [0, 0.05) is 5.56 Å². The highest BCUT2D eigenvalue weighted by Crippen LogP contribution is 2.38. The summed E-state index contributed by atoms with van der Waals surface area (Å²) in [6, 6.07) is 2.61. The van der Waals surface area contributed by atoms with Gasteiger partial charge in [0.25, 0.3) is 0 Å². The number of benzene rings is 1. The molecular formula is C10H11F2NO. The molecule has 0 saturated heterocycles. The SMILES string of the molecule is CNC1c2ccc(F)c(F)c2OC1C. The zero-order valence-electron chi connectivity index (χ0n) is 7.97. The number of halogens is 2. The van der Waals surface area contributed by atoms with E-state index in [1.54, 1.807) is 13.1 Å². The summed E-state index contributed by atoms with van der Waals surface area (Å²) in [6.07, 6.45) is -0.175. The highest BCUT2D eigenvalue weighted by molar-refractivity contribution is 5.42. The summed E-state index contributed by atoms with van der Waals surface area (Å²) in [5, 5.41) is 3.00. The maximum absolute atomic E-state index is 13.3. The first-order chi connectivity index (χ1) is 6.65. The summed E-state index contributed by atoms with van der Waals surface area (Å²) in [5.41, 5.74) is 0.680. The van der Waals surface area contributed by atoms with Crippen molar-refractivity contribution in [2.75, 3.05) is 7.05 Å². The smallest absolute Gasteiger partial charge is 0.200 e. The van der Waals surface area contributed by atoms with Gasteiger partial charge in [-0.1, -0.05) is 6.07 Å². The standard InChI is InChI=1S/C10H11F2NO/c1-5-9(13-2)6-3-4-7(11)8(12)10(6)14-5/h3-5,9,13H,1-2H3. The molecule has 0 bridgehead atoms. The summed E-state index contributed by atoms with van der Waals surface area (Å²) in [7, 11) is 1.76. The zero-order chi connectivity index (χ0) is 10.3. The molecule has 2 unspecified atom stereocenters. The molecule has 76 valence electrons. The van der Waals surface area contributed by atoms with Gasteiger partial charge in [0.05, 0.1) is 6.04 Å². The molecule has 0 radical (unpaired) electrons. The zero-order valence-corrected chi connectivity index (χ0v) is 7.97. The molecule has 2 nitrogen and oxygen atoms in total. The molecule has 1 aromatic rings. The van der Waals surface area contributed by atoms with Gasteiger partial charge in [0.2, 0.25) is 5.82 Å². The maximum Gasteiger partial charge on any atom is 0.200 e. The van der Waals surface area contributed by atoms with Crippen molar-refractivity contribution in [1.29, 1.82) is 0 Å². The lowest BCUT2D eigenvalue weighted by molar-refractivity contribution is 0.206. The van der Waals surface area contributed by atoms with Gasteiger partial charge >= 0.3 is 0 Å². The Morgan fingerprint density at radius 2 is 2.07 bits per heavy atom. The Morgan fingerprint density at radius 3 is 2.71 bits per heavy atom. The number of rotatable bonds is 1. The summed E-state index contributed by atoms with van der Waals surface area (Å²) >= 11 is 0. The molecule has 1 aromatic carbocycles. The molecule has 4 heteroatoms. The van der Waals surface area contributed by atoms with E-state index in [9.17, 15) is 8.78 Å². The monoisotopic (exact) mass is 199 g/mol. The average Bonchev–Trinajstić information content (AvgIpc) is 2.49. The first-order valence-corrected chi connectivity index (χ1v) is 4.47. The highest BCUT2D eigenvalue weighted by Gasteiger charge is 2.33. The van der Waals surface area contributed by atoms with E-state index in [4.69, 9.17) is 4.74 Å². The molecular weight excluding hydrogens is 188 g/mol.